The van der Waals surface area contributed by atoms with Crippen LogP contribution in [0, 0.1) is 11.8 Å². The summed E-state index contributed by atoms with van der Waals surface area (Å²) in [4.78, 5) is 35.2. The van der Waals surface area contributed by atoms with Crippen molar-refractivity contribution < 1.29 is 9.59 Å². The molecule has 4 fully saturated rings. The molecule has 3 heterocycles. The summed E-state index contributed by atoms with van der Waals surface area (Å²) in [5.41, 5.74) is 1.07. The topological polar surface area (TPSA) is 53.5 Å². The van der Waals surface area contributed by atoms with Gasteiger partial charge < -0.3 is 9.80 Å². The van der Waals surface area contributed by atoms with E-state index in [0.29, 0.717) is 35.0 Å². The van der Waals surface area contributed by atoms with Gasteiger partial charge in [0.1, 0.15) is 0 Å². The maximum absolute atomic E-state index is 13.5. The molecule has 0 bridgehead atoms. The second-order valence-electron chi connectivity index (χ2n) is 9.22. The van der Waals surface area contributed by atoms with Crippen molar-refractivity contribution >= 4 is 11.8 Å². The van der Waals surface area contributed by atoms with Gasteiger partial charge in [0.2, 0.25) is 0 Å². The molecule has 1 aromatic heterocycles. The average molecular weight is 382 g/mol. The van der Waals surface area contributed by atoms with Crippen molar-refractivity contribution in [3.8, 4) is 0 Å². The molecule has 2 amide bonds. The zero-order valence-corrected chi connectivity index (χ0v) is 16.7. The molecule has 2 saturated carbocycles. The zero-order chi connectivity index (χ0) is 19.1. The third-order valence-electron chi connectivity index (χ3n) is 7.82. The molecule has 0 N–H and O–H groups in total. The van der Waals surface area contributed by atoms with E-state index < -0.39 is 0 Å². The summed E-state index contributed by atoms with van der Waals surface area (Å²) in [5.74, 6) is 1.36. The van der Waals surface area contributed by atoms with Crippen molar-refractivity contribution in [2.45, 2.75) is 76.3 Å². The number of amides is 2. The molecule has 5 heteroatoms. The third kappa shape index (κ3) is 3.03. The molecular weight excluding hydrogens is 350 g/mol. The van der Waals surface area contributed by atoms with Gasteiger partial charge in [-0.15, -0.1) is 0 Å². The molecular formula is C23H31N3O2. The monoisotopic (exact) mass is 381 g/mol. The summed E-state index contributed by atoms with van der Waals surface area (Å²) in [6.07, 6.45) is 15.2. The van der Waals surface area contributed by atoms with E-state index in [0.717, 1.165) is 38.8 Å². The predicted molar refractivity (Wildman–Crippen MR) is 107 cm³/mol. The Morgan fingerprint density at radius 1 is 0.750 bits per heavy atom. The standard InChI is InChI=1S/C23H31N3O2/c27-22(25-13-10-16-5-1-3-7-20(16)25)18-9-12-24-15-19(18)23(28)26-14-11-17-6-2-4-8-21(17)26/h9,12,15-17,20-21H,1-8,10-11,13-14H2. The van der Waals surface area contributed by atoms with Gasteiger partial charge in [0.25, 0.3) is 11.8 Å². The minimum Gasteiger partial charge on any atom is -0.335 e. The highest BCUT2D eigenvalue weighted by Crippen LogP contribution is 2.39. The van der Waals surface area contributed by atoms with Crippen LogP contribution in [-0.4, -0.2) is 51.8 Å². The summed E-state index contributed by atoms with van der Waals surface area (Å²) >= 11 is 0. The van der Waals surface area contributed by atoms with Gasteiger partial charge in [0, 0.05) is 37.6 Å². The van der Waals surface area contributed by atoms with Gasteiger partial charge >= 0.3 is 0 Å². The maximum Gasteiger partial charge on any atom is 0.256 e. The smallest absolute Gasteiger partial charge is 0.256 e. The first-order valence-corrected chi connectivity index (χ1v) is 11.3. The van der Waals surface area contributed by atoms with Crippen molar-refractivity contribution in [1.29, 1.82) is 0 Å². The predicted octanol–water partition coefficient (Wildman–Crippen LogP) is 3.89. The van der Waals surface area contributed by atoms with Gasteiger partial charge in [-0.3, -0.25) is 14.6 Å². The van der Waals surface area contributed by atoms with Crippen molar-refractivity contribution in [2.24, 2.45) is 11.8 Å². The van der Waals surface area contributed by atoms with Crippen LogP contribution in [0.1, 0.15) is 84.9 Å². The molecule has 150 valence electrons. The van der Waals surface area contributed by atoms with Crippen LogP contribution in [-0.2, 0) is 0 Å². The van der Waals surface area contributed by atoms with Crippen LogP contribution in [0.5, 0.6) is 0 Å². The molecule has 5 rings (SSSR count). The van der Waals surface area contributed by atoms with Gasteiger partial charge in [0.05, 0.1) is 11.1 Å². The molecule has 4 atom stereocenters. The number of aromatic nitrogens is 1. The Hall–Kier alpha value is -1.91. The van der Waals surface area contributed by atoms with E-state index in [4.69, 9.17) is 0 Å². The van der Waals surface area contributed by atoms with Crippen LogP contribution >= 0.6 is 0 Å². The van der Waals surface area contributed by atoms with Crippen molar-refractivity contribution in [3.63, 3.8) is 0 Å². The Kier molecular flexibility index (Phi) is 4.85. The second-order valence-corrected chi connectivity index (χ2v) is 9.22. The number of hydrogen-bond donors (Lipinski definition) is 0. The molecule has 2 aliphatic heterocycles. The van der Waals surface area contributed by atoms with Crippen molar-refractivity contribution in [2.75, 3.05) is 13.1 Å². The Balaban J connectivity index is 1.40. The molecule has 2 aliphatic carbocycles. The molecule has 1 aromatic rings. The summed E-state index contributed by atoms with van der Waals surface area (Å²) in [6.45, 7) is 1.66. The van der Waals surface area contributed by atoms with Crippen LogP contribution in [0.2, 0.25) is 0 Å². The Bertz CT molecular complexity index is 701. The van der Waals surface area contributed by atoms with Crippen LogP contribution < -0.4 is 0 Å². The van der Waals surface area contributed by atoms with Crippen LogP contribution in [0.3, 0.4) is 0 Å². The molecule has 5 nitrogen and oxygen atoms in total. The lowest BCUT2D eigenvalue weighted by atomic mass is 9.85. The average Bonchev–Trinajstić information content (AvgIpc) is 3.37. The molecule has 28 heavy (non-hydrogen) atoms. The highest BCUT2D eigenvalue weighted by atomic mass is 16.2. The highest BCUT2D eigenvalue weighted by molar-refractivity contribution is 6.07. The molecule has 4 aliphatic rings. The number of carbonyl (C=O) groups is 2. The quantitative estimate of drug-likeness (QED) is 0.781. The van der Waals surface area contributed by atoms with E-state index in [9.17, 15) is 9.59 Å². The van der Waals surface area contributed by atoms with Gasteiger partial charge in [-0.1, -0.05) is 25.7 Å². The lowest BCUT2D eigenvalue weighted by Gasteiger charge is -2.33. The largest absolute Gasteiger partial charge is 0.335 e. The number of carbonyl (C=O) groups excluding carboxylic acids is 2. The van der Waals surface area contributed by atoms with E-state index in [1.165, 1.54) is 38.5 Å². The number of pyridine rings is 1. The highest BCUT2D eigenvalue weighted by Gasteiger charge is 2.41. The fourth-order valence-corrected chi connectivity index (χ4v) is 6.38. The SMILES string of the molecule is O=C(c1ccncc1C(=O)N1CCC2CCCCC21)N1CCC2CCCCC21. The van der Waals surface area contributed by atoms with Crippen molar-refractivity contribution in [1.82, 2.24) is 14.8 Å². The maximum atomic E-state index is 13.5. The minimum atomic E-state index is 0.0187. The second kappa shape index (κ2) is 7.49. The van der Waals surface area contributed by atoms with Gasteiger partial charge in [-0.05, 0) is 56.4 Å². The summed E-state index contributed by atoms with van der Waals surface area (Å²) in [7, 11) is 0. The van der Waals surface area contributed by atoms with Crippen LogP contribution in [0.4, 0.5) is 0 Å². The van der Waals surface area contributed by atoms with E-state index in [-0.39, 0.29) is 11.8 Å². The Morgan fingerprint density at radius 2 is 1.29 bits per heavy atom. The molecule has 2 saturated heterocycles. The first kappa shape index (κ1) is 18.1. The van der Waals surface area contributed by atoms with Crippen LogP contribution in [0.15, 0.2) is 18.5 Å². The summed E-state index contributed by atoms with van der Waals surface area (Å²) in [5, 5.41) is 0. The van der Waals surface area contributed by atoms with Crippen LogP contribution in [0.25, 0.3) is 0 Å². The lowest BCUT2D eigenvalue weighted by Crippen LogP contribution is -2.42. The fourth-order valence-electron chi connectivity index (χ4n) is 6.38. The number of hydrogen-bond acceptors (Lipinski definition) is 3. The van der Waals surface area contributed by atoms with Gasteiger partial charge in [-0.25, -0.2) is 0 Å². The Labute approximate surface area is 167 Å². The van der Waals surface area contributed by atoms with E-state index in [1.54, 1.807) is 18.5 Å². The van der Waals surface area contributed by atoms with Gasteiger partial charge in [0.15, 0.2) is 0 Å². The van der Waals surface area contributed by atoms with E-state index in [2.05, 4.69) is 9.88 Å². The third-order valence-corrected chi connectivity index (χ3v) is 7.82. The summed E-state index contributed by atoms with van der Waals surface area (Å²) < 4.78 is 0. The first-order valence-electron chi connectivity index (χ1n) is 11.3. The van der Waals surface area contributed by atoms with E-state index in [1.807, 2.05) is 4.90 Å². The number of rotatable bonds is 2. The van der Waals surface area contributed by atoms with Crippen molar-refractivity contribution in [3.05, 3.63) is 29.6 Å². The van der Waals surface area contributed by atoms with E-state index >= 15 is 0 Å². The fraction of sp³-hybridized carbons (Fsp3) is 0.696. The minimum absolute atomic E-state index is 0.0187. The normalized spacial score (nSPS) is 32.1. The number of nitrogens with zero attached hydrogens (tertiary/aromatic N) is 3. The summed E-state index contributed by atoms with van der Waals surface area (Å²) in [6, 6.07) is 2.49. The molecule has 0 spiro atoms. The number of likely N-dealkylation sites (tertiary alicyclic amines) is 2. The molecule has 0 radical (unpaired) electrons. The first-order chi connectivity index (χ1) is 13.7. The Morgan fingerprint density at radius 3 is 1.89 bits per heavy atom. The lowest BCUT2D eigenvalue weighted by molar-refractivity contribution is 0.0650. The number of fused-ring (bicyclic) bond motifs is 2. The van der Waals surface area contributed by atoms with Gasteiger partial charge in [-0.2, -0.15) is 0 Å². The zero-order valence-electron chi connectivity index (χ0n) is 16.7. The molecule has 0 aromatic carbocycles. The molecule has 4 unspecified atom stereocenters.